The van der Waals surface area contributed by atoms with Crippen molar-refractivity contribution in [2.45, 2.75) is 0 Å². The van der Waals surface area contributed by atoms with Crippen LogP contribution in [0.4, 0.5) is 0 Å². The standard InChI is InChI=1S/C15H9N5/c1-20-14-5-10(6-16)2-3-13(14)19-15(20)12-4-11(7-17)8-18-9-12/h2-5,8-9H,1H3. The van der Waals surface area contributed by atoms with Crippen molar-refractivity contribution in [3.63, 3.8) is 0 Å². The maximum Gasteiger partial charge on any atom is 0.142 e. The minimum Gasteiger partial charge on any atom is -0.327 e. The molecule has 2 aromatic heterocycles. The highest BCUT2D eigenvalue weighted by Crippen LogP contribution is 2.24. The first kappa shape index (κ1) is 11.9. The van der Waals surface area contributed by atoms with E-state index in [1.807, 2.05) is 17.7 Å². The van der Waals surface area contributed by atoms with Gasteiger partial charge in [-0.15, -0.1) is 0 Å². The van der Waals surface area contributed by atoms with Gasteiger partial charge < -0.3 is 4.57 Å². The van der Waals surface area contributed by atoms with E-state index in [0.717, 1.165) is 22.4 Å². The van der Waals surface area contributed by atoms with E-state index in [4.69, 9.17) is 10.5 Å². The van der Waals surface area contributed by atoms with E-state index in [9.17, 15) is 0 Å². The van der Waals surface area contributed by atoms with Gasteiger partial charge in [0.15, 0.2) is 0 Å². The number of hydrogen-bond donors (Lipinski definition) is 0. The van der Waals surface area contributed by atoms with Gasteiger partial charge in [-0.2, -0.15) is 10.5 Å². The van der Waals surface area contributed by atoms with Crippen molar-refractivity contribution < 1.29 is 0 Å². The van der Waals surface area contributed by atoms with Crippen LogP contribution in [-0.4, -0.2) is 14.5 Å². The second-order valence-electron chi connectivity index (χ2n) is 4.38. The summed E-state index contributed by atoms with van der Waals surface area (Å²) in [7, 11) is 1.88. The van der Waals surface area contributed by atoms with Crippen LogP contribution in [0, 0.1) is 22.7 Å². The number of benzene rings is 1. The molecule has 1 aromatic carbocycles. The quantitative estimate of drug-likeness (QED) is 0.672. The molecule has 0 amide bonds. The summed E-state index contributed by atoms with van der Waals surface area (Å²) in [6, 6.07) is 11.3. The fourth-order valence-corrected chi connectivity index (χ4v) is 2.14. The molecule has 0 aliphatic heterocycles. The van der Waals surface area contributed by atoms with E-state index < -0.39 is 0 Å². The number of rotatable bonds is 1. The summed E-state index contributed by atoms with van der Waals surface area (Å²) < 4.78 is 1.90. The maximum absolute atomic E-state index is 8.95. The average Bonchev–Trinajstić information content (AvgIpc) is 2.84. The van der Waals surface area contributed by atoms with Gasteiger partial charge in [-0.1, -0.05) is 0 Å². The molecule has 0 bridgehead atoms. The molecule has 5 heteroatoms. The molecule has 5 nitrogen and oxygen atoms in total. The van der Waals surface area contributed by atoms with Gasteiger partial charge in [-0.05, 0) is 24.3 Å². The van der Waals surface area contributed by atoms with Crippen molar-refractivity contribution >= 4 is 11.0 Å². The van der Waals surface area contributed by atoms with Gasteiger partial charge in [-0.3, -0.25) is 4.98 Å². The summed E-state index contributed by atoms with van der Waals surface area (Å²) in [6.45, 7) is 0. The Kier molecular flexibility index (Phi) is 2.67. The minimum absolute atomic E-state index is 0.493. The third-order valence-electron chi connectivity index (χ3n) is 3.14. The number of aryl methyl sites for hydroxylation is 1. The Balaban J connectivity index is 2.24. The first-order chi connectivity index (χ1) is 9.72. The van der Waals surface area contributed by atoms with Crippen molar-refractivity contribution in [2.24, 2.45) is 7.05 Å². The van der Waals surface area contributed by atoms with E-state index in [1.165, 1.54) is 6.20 Å². The van der Waals surface area contributed by atoms with Crippen molar-refractivity contribution in [3.05, 3.63) is 47.8 Å². The van der Waals surface area contributed by atoms with Crippen LogP contribution < -0.4 is 0 Å². The largest absolute Gasteiger partial charge is 0.327 e. The van der Waals surface area contributed by atoms with E-state index in [-0.39, 0.29) is 0 Å². The van der Waals surface area contributed by atoms with Crippen LogP contribution in [0.1, 0.15) is 11.1 Å². The lowest BCUT2D eigenvalue weighted by atomic mass is 10.2. The highest BCUT2D eigenvalue weighted by molar-refractivity contribution is 5.81. The Bertz CT molecular complexity index is 893. The topological polar surface area (TPSA) is 78.3 Å². The van der Waals surface area contributed by atoms with Gasteiger partial charge in [0.2, 0.25) is 0 Å². The second-order valence-corrected chi connectivity index (χ2v) is 4.38. The molecule has 0 spiro atoms. The molecule has 0 N–H and O–H groups in total. The van der Waals surface area contributed by atoms with Crippen molar-refractivity contribution in [1.29, 1.82) is 10.5 Å². The average molecular weight is 259 g/mol. The zero-order valence-electron chi connectivity index (χ0n) is 10.7. The lowest BCUT2D eigenvalue weighted by molar-refractivity contribution is 0.957. The van der Waals surface area contributed by atoms with Gasteiger partial charge in [0.25, 0.3) is 0 Å². The second kappa shape index (κ2) is 4.49. The van der Waals surface area contributed by atoms with E-state index in [2.05, 4.69) is 22.1 Å². The van der Waals surface area contributed by atoms with Crippen LogP contribution >= 0.6 is 0 Å². The number of imidazole rings is 1. The van der Waals surface area contributed by atoms with Gasteiger partial charge in [0.05, 0.1) is 28.2 Å². The van der Waals surface area contributed by atoms with Crippen molar-refractivity contribution in [1.82, 2.24) is 14.5 Å². The number of hydrogen-bond acceptors (Lipinski definition) is 4. The lowest BCUT2D eigenvalue weighted by Crippen LogP contribution is -1.93. The van der Waals surface area contributed by atoms with Crippen LogP contribution in [0.15, 0.2) is 36.7 Å². The maximum atomic E-state index is 8.95. The number of pyridine rings is 1. The van der Waals surface area contributed by atoms with Crippen LogP contribution in [0.3, 0.4) is 0 Å². The summed E-state index contributed by atoms with van der Waals surface area (Å²) in [6.07, 6.45) is 3.19. The molecular formula is C15H9N5. The molecule has 3 rings (SSSR count). The molecule has 0 radical (unpaired) electrons. The van der Waals surface area contributed by atoms with Gasteiger partial charge in [0.1, 0.15) is 11.9 Å². The van der Waals surface area contributed by atoms with E-state index >= 15 is 0 Å². The highest BCUT2D eigenvalue weighted by atomic mass is 15.1. The minimum atomic E-state index is 0.493. The lowest BCUT2D eigenvalue weighted by Gasteiger charge is -2.02. The van der Waals surface area contributed by atoms with Crippen LogP contribution in [0.25, 0.3) is 22.4 Å². The monoisotopic (exact) mass is 259 g/mol. The fourth-order valence-electron chi connectivity index (χ4n) is 2.14. The molecule has 0 saturated carbocycles. The molecule has 94 valence electrons. The van der Waals surface area contributed by atoms with Crippen LogP contribution in [-0.2, 0) is 7.05 Å². The fraction of sp³-hybridized carbons (Fsp3) is 0.0667. The van der Waals surface area contributed by atoms with E-state index in [1.54, 1.807) is 24.4 Å². The number of nitrogens with zero attached hydrogens (tertiary/aromatic N) is 5. The van der Waals surface area contributed by atoms with Gasteiger partial charge in [-0.25, -0.2) is 4.98 Å². The molecule has 0 saturated heterocycles. The van der Waals surface area contributed by atoms with Crippen LogP contribution in [0.2, 0.25) is 0 Å². The van der Waals surface area contributed by atoms with Gasteiger partial charge in [0, 0.05) is 25.0 Å². The first-order valence-electron chi connectivity index (χ1n) is 5.95. The third-order valence-corrected chi connectivity index (χ3v) is 3.14. The number of aromatic nitrogens is 3. The Morgan fingerprint density at radius 1 is 1.05 bits per heavy atom. The predicted molar refractivity (Wildman–Crippen MR) is 73.4 cm³/mol. The Labute approximate surface area is 115 Å². The molecule has 2 heterocycles. The molecule has 0 aliphatic rings. The summed E-state index contributed by atoms with van der Waals surface area (Å²) in [5, 5.41) is 17.9. The molecule has 0 atom stereocenters. The Hall–Kier alpha value is -3.18. The normalized spacial score (nSPS) is 10.2. The zero-order valence-corrected chi connectivity index (χ0v) is 10.7. The third kappa shape index (κ3) is 1.79. The summed E-state index contributed by atoms with van der Waals surface area (Å²) >= 11 is 0. The van der Waals surface area contributed by atoms with Crippen molar-refractivity contribution in [3.8, 4) is 23.5 Å². The number of fused-ring (bicyclic) bond motifs is 1. The van der Waals surface area contributed by atoms with E-state index in [0.29, 0.717) is 11.1 Å². The molecule has 3 aromatic rings. The van der Waals surface area contributed by atoms with Crippen molar-refractivity contribution in [2.75, 3.05) is 0 Å². The zero-order chi connectivity index (χ0) is 14.1. The Morgan fingerprint density at radius 3 is 2.60 bits per heavy atom. The first-order valence-corrected chi connectivity index (χ1v) is 5.95. The summed E-state index contributed by atoms with van der Waals surface area (Å²) in [5.74, 6) is 0.722. The molecule has 0 unspecified atom stereocenters. The molecule has 20 heavy (non-hydrogen) atoms. The van der Waals surface area contributed by atoms with Gasteiger partial charge >= 0.3 is 0 Å². The summed E-state index contributed by atoms with van der Waals surface area (Å²) in [4.78, 5) is 8.59. The highest BCUT2D eigenvalue weighted by Gasteiger charge is 2.11. The SMILES string of the molecule is Cn1c(-c2cncc(C#N)c2)nc2ccc(C#N)cc21. The van der Waals surface area contributed by atoms with Crippen LogP contribution in [0.5, 0.6) is 0 Å². The predicted octanol–water partition coefficient (Wildman–Crippen LogP) is 2.38. The molecule has 0 aliphatic carbocycles. The smallest absolute Gasteiger partial charge is 0.142 e. The molecular weight excluding hydrogens is 250 g/mol. The Morgan fingerprint density at radius 2 is 1.85 bits per heavy atom. The summed E-state index contributed by atoms with van der Waals surface area (Å²) in [5.41, 5.74) is 3.55. The molecule has 0 fully saturated rings. The number of nitriles is 2.